The number of alkyl halides is 3. The molecule has 3 heterocycles. The van der Waals surface area contributed by atoms with Gasteiger partial charge in [-0.05, 0) is 43.7 Å². The van der Waals surface area contributed by atoms with Crippen molar-refractivity contribution in [3.05, 3.63) is 64.7 Å². The maximum atomic E-state index is 12.6. The standard InChI is InChI=1S/C21H22F3N5O2/c1-13-18(11-25-26-13)20(30)29-8-6-14(12-29)19-10-16(27-28-19)7-9-31-17-4-2-15(3-5-17)21(22,23)24/h2-5,10-11,14H,6-9,12H2,1H3,(H,25,26)(H,27,28)/t14-/m0/s1. The largest absolute Gasteiger partial charge is 0.493 e. The molecule has 0 bridgehead atoms. The average molecular weight is 433 g/mol. The average Bonchev–Trinajstić information content (AvgIpc) is 3.48. The van der Waals surface area contributed by atoms with Crippen LogP contribution in [-0.2, 0) is 12.6 Å². The molecule has 3 aromatic rings. The lowest BCUT2D eigenvalue weighted by molar-refractivity contribution is -0.137. The highest BCUT2D eigenvalue weighted by atomic mass is 19.4. The summed E-state index contributed by atoms with van der Waals surface area (Å²) in [5, 5.41) is 14.0. The number of aryl methyl sites for hydroxylation is 1. The van der Waals surface area contributed by atoms with Gasteiger partial charge < -0.3 is 9.64 Å². The SMILES string of the molecule is Cc1[nH]ncc1C(=O)N1CC[C@H](c2cc(CCOc3ccc(C(F)(F)F)cc3)[nH]n2)C1. The fraction of sp³-hybridized carbons (Fsp3) is 0.381. The van der Waals surface area contributed by atoms with Gasteiger partial charge in [0, 0.05) is 36.8 Å². The highest BCUT2D eigenvalue weighted by Gasteiger charge is 2.31. The van der Waals surface area contributed by atoms with Crippen molar-refractivity contribution in [2.24, 2.45) is 0 Å². The molecule has 4 rings (SSSR count). The van der Waals surface area contributed by atoms with Gasteiger partial charge in [-0.2, -0.15) is 23.4 Å². The number of aromatic amines is 2. The number of nitrogens with zero attached hydrogens (tertiary/aromatic N) is 3. The molecule has 1 fully saturated rings. The normalized spacial score (nSPS) is 16.6. The van der Waals surface area contributed by atoms with Crippen LogP contribution >= 0.6 is 0 Å². The fourth-order valence-electron chi connectivity index (χ4n) is 3.66. The van der Waals surface area contributed by atoms with Crippen molar-refractivity contribution in [2.75, 3.05) is 19.7 Å². The van der Waals surface area contributed by atoms with Gasteiger partial charge in [0.25, 0.3) is 5.91 Å². The number of hydrogen-bond donors (Lipinski definition) is 2. The molecule has 10 heteroatoms. The Bertz CT molecular complexity index is 1040. The minimum absolute atomic E-state index is 0.0329. The molecule has 1 aromatic carbocycles. The summed E-state index contributed by atoms with van der Waals surface area (Å²) in [4.78, 5) is 14.4. The van der Waals surface area contributed by atoms with Crippen LogP contribution < -0.4 is 4.74 Å². The molecular weight excluding hydrogens is 411 g/mol. The van der Waals surface area contributed by atoms with E-state index in [0.29, 0.717) is 37.4 Å². The zero-order chi connectivity index (χ0) is 22.0. The number of aromatic nitrogens is 4. The molecule has 2 N–H and O–H groups in total. The predicted molar refractivity (Wildman–Crippen MR) is 106 cm³/mol. The molecule has 164 valence electrons. The van der Waals surface area contributed by atoms with E-state index < -0.39 is 11.7 Å². The van der Waals surface area contributed by atoms with Gasteiger partial charge in [0.1, 0.15) is 5.75 Å². The van der Waals surface area contributed by atoms with Crippen LogP contribution in [0.4, 0.5) is 13.2 Å². The third-order valence-electron chi connectivity index (χ3n) is 5.43. The first-order valence-corrected chi connectivity index (χ1v) is 9.95. The van der Waals surface area contributed by atoms with E-state index in [1.807, 2.05) is 17.9 Å². The van der Waals surface area contributed by atoms with Gasteiger partial charge in [0.05, 0.1) is 29.6 Å². The van der Waals surface area contributed by atoms with E-state index in [2.05, 4.69) is 20.4 Å². The molecule has 1 aliphatic heterocycles. The van der Waals surface area contributed by atoms with E-state index in [-0.39, 0.29) is 11.8 Å². The fourth-order valence-corrected chi connectivity index (χ4v) is 3.66. The van der Waals surface area contributed by atoms with Crippen LogP contribution in [0, 0.1) is 6.92 Å². The van der Waals surface area contributed by atoms with Crippen LogP contribution in [0.3, 0.4) is 0 Å². The number of halogens is 3. The lowest BCUT2D eigenvalue weighted by Gasteiger charge is -2.15. The molecule has 1 amide bonds. The van der Waals surface area contributed by atoms with Gasteiger partial charge in [-0.15, -0.1) is 0 Å². The van der Waals surface area contributed by atoms with Gasteiger partial charge in [0.2, 0.25) is 0 Å². The second kappa shape index (κ2) is 8.44. The summed E-state index contributed by atoms with van der Waals surface area (Å²) in [7, 11) is 0. The zero-order valence-corrected chi connectivity index (χ0v) is 16.9. The van der Waals surface area contributed by atoms with Crippen molar-refractivity contribution in [1.82, 2.24) is 25.3 Å². The quantitative estimate of drug-likeness (QED) is 0.621. The number of rotatable bonds is 6. The number of nitrogens with one attached hydrogen (secondary N) is 2. The lowest BCUT2D eigenvalue weighted by atomic mass is 10.0. The van der Waals surface area contributed by atoms with Gasteiger partial charge in [0.15, 0.2) is 0 Å². The Balaban J connectivity index is 1.28. The molecule has 0 spiro atoms. The first kappa shape index (κ1) is 21.0. The van der Waals surface area contributed by atoms with Crippen LogP contribution in [0.25, 0.3) is 0 Å². The van der Waals surface area contributed by atoms with Crippen molar-refractivity contribution in [1.29, 1.82) is 0 Å². The molecule has 1 saturated heterocycles. The Kier molecular flexibility index (Phi) is 5.71. The molecule has 1 aliphatic rings. The summed E-state index contributed by atoms with van der Waals surface area (Å²) < 4.78 is 43.3. The molecule has 0 radical (unpaired) electrons. The Labute approximate surface area is 176 Å². The highest BCUT2D eigenvalue weighted by molar-refractivity contribution is 5.95. The van der Waals surface area contributed by atoms with E-state index in [1.165, 1.54) is 12.1 Å². The summed E-state index contributed by atoms with van der Waals surface area (Å²) in [6, 6.07) is 6.58. The van der Waals surface area contributed by atoms with Crippen LogP contribution in [-0.4, -0.2) is 50.9 Å². The van der Waals surface area contributed by atoms with Gasteiger partial charge >= 0.3 is 6.18 Å². The number of carbonyl (C=O) groups excluding carboxylic acids is 1. The maximum Gasteiger partial charge on any atom is 0.416 e. The van der Waals surface area contributed by atoms with Crippen LogP contribution in [0.5, 0.6) is 5.75 Å². The van der Waals surface area contributed by atoms with Crippen molar-refractivity contribution in [2.45, 2.75) is 31.9 Å². The molecular formula is C21H22F3N5O2. The summed E-state index contributed by atoms with van der Waals surface area (Å²) >= 11 is 0. The number of carbonyl (C=O) groups is 1. The number of ether oxygens (including phenoxy) is 1. The van der Waals surface area contributed by atoms with Crippen LogP contribution in [0.2, 0.25) is 0 Å². The Hall–Kier alpha value is -3.30. The molecule has 2 aromatic heterocycles. The summed E-state index contributed by atoms with van der Waals surface area (Å²) in [5.41, 5.74) is 2.40. The Morgan fingerprint density at radius 2 is 2.03 bits per heavy atom. The predicted octanol–water partition coefficient (Wildman–Crippen LogP) is 3.71. The van der Waals surface area contributed by atoms with E-state index >= 15 is 0 Å². The maximum absolute atomic E-state index is 12.6. The number of benzene rings is 1. The Morgan fingerprint density at radius 3 is 2.71 bits per heavy atom. The zero-order valence-electron chi connectivity index (χ0n) is 16.9. The van der Waals surface area contributed by atoms with Crippen LogP contribution in [0.15, 0.2) is 36.5 Å². The van der Waals surface area contributed by atoms with E-state index in [0.717, 1.165) is 35.6 Å². The molecule has 7 nitrogen and oxygen atoms in total. The Morgan fingerprint density at radius 1 is 1.26 bits per heavy atom. The highest BCUT2D eigenvalue weighted by Crippen LogP contribution is 2.30. The molecule has 0 unspecified atom stereocenters. The summed E-state index contributed by atoms with van der Waals surface area (Å²) in [6.07, 6.45) is -1.44. The molecule has 0 saturated carbocycles. The third kappa shape index (κ3) is 4.73. The van der Waals surface area contributed by atoms with Gasteiger partial charge in [-0.3, -0.25) is 15.0 Å². The topological polar surface area (TPSA) is 86.9 Å². The number of H-pyrrole nitrogens is 2. The van der Waals surface area contributed by atoms with Gasteiger partial charge in [-0.1, -0.05) is 0 Å². The van der Waals surface area contributed by atoms with Crippen LogP contribution in [0.1, 0.15) is 45.3 Å². The van der Waals surface area contributed by atoms with E-state index in [9.17, 15) is 18.0 Å². The smallest absolute Gasteiger partial charge is 0.416 e. The monoisotopic (exact) mass is 433 g/mol. The molecule has 31 heavy (non-hydrogen) atoms. The van der Waals surface area contributed by atoms with Gasteiger partial charge in [-0.25, -0.2) is 0 Å². The first-order chi connectivity index (χ1) is 14.8. The number of hydrogen-bond acceptors (Lipinski definition) is 4. The van der Waals surface area contributed by atoms with Crippen molar-refractivity contribution in [3.63, 3.8) is 0 Å². The summed E-state index contributed by atoms with van der Waals surface area (Å²) in [5.74, 6) is 0.499. The van der Waals surface area contributed by atoms with E-state index in [1.54, 1.807) is 6.20 Å². The second-order valence-corrected chi connectivity index (χ2v) is 7.58. The second-order valence-electron chi connectivity index (χ2n) is 7.58. The molecule has 1 atom stereocenters. The minimum atomic E-state index is -4.36. The third-order valence-corrected chi connectivity index (χ3v) is 5.43. The minimum Gasteiger partial charge on any atom is -0.493 e. The van der Waals surface area contributed by atoms with E-state index in [4.69, 9.17) is 4.74 Å². The number of amides is 1. The summed E-state index contributed by atoms with van der Waals surface area (Å²) in [6.45, 7) is 3.38. The van der Waals surface area contributed by atoms with Crippen molar-refractivity contribution >= 4 is 5.91 Å². The van der Waals surface area contributed by atoms with Crippen molar-refractivity contribution < 1.29 is 22.7 Å². The lowest BCUT2D eigenvalue weighted by Crippen LogP contribution is -2.28. The number of likely N-dealkylation sites (tertiary alicyclic amines) is 1. The first-order valence-electron chi connectivity index (χ1n) is 9.95. The molecule has 0 aliphatic carbocycles. The van der Waals surface area contributed by atoms with Crippen molar-refractivity contribution in [3.8, 4) is 5.75 Å².